The fourth-order valence-electron chi connectivity index (χ4n) is 1.83. The molecule has 0 aromatic heterocycles. The molecule has 1 aromatic rings. The number of thiocarbonyl (C=S) groups is 1. The zero-order chi connectivity index (χ0) is 12.6. The van der Waals surface area contributed by atoms with Crippen LogP contribution in [-0.4, -0.2) is 10.8 Å². The van der Waals surface area contributed by atoms with Crippen LogP contribution in [0, 0.1) is 13.8 Å². The Labute approximate surface area is 108 Å². The molecule has 1 fully saturated rings. The lowest BCUT2D eigenvalue weighted by atomic mass is 10.1. The number of rotatable bonds is 2. The molecule has 0 radical (unpaired) electrons. The predicted octanol–water partition coefficient (Wildman–Crippen LogP) is 2.63. The molecule has 0 saturated carbocycles. The van der Waals surface area contributed by atoms with Gasteiger partial charge in [0.1, 0.15) is 5.66 Å². The van der Waals surface area contributed by atoms with Gasteiger partial charge in [-0.05, 0) is 62.7 Å². The Bertz CT molecular complexity index is 458. The van der Waals surface area contributed by atoms with Crippen LogP contribution in [-0.2, 0) is 0 Å². The number of hydrogen-bond acceptors (Lipinski definition) is 2. The smallest absolute Gasteiger partial charge is 0.189 e. The molecule has 1 heterocycles. The summed E-state index contributed by atoms with van der Waals surface area (Å²) in [6.07, 6.45) is 0.967. The Balaban J connectivity index is 2.29. The largest absolute Gasteiger partial charge is 0.342 e. The lowest BCUT2D eigenvalue weighted by Crippen LogP contribution is -2.47. The molecule has 4 heteroatoms. The maximum atomic E-state index is 5.37. The summed E-state index contributed by atoms with van der Waals surface area (Å²) in [6, 6.07) is 6.36. The second-order valence-electron chi connectivity index (χ2n) is 4.83. The van der Waals surface area contributed by atoms with Crippen molar-refractivity contribution < 1.29 is 0 Å². The summed E-state index contributed by atoms with van der Waals surface area (Å²) < 4.78 is 0. The molecule has 2 rings (SSSR count). The van der Waals surface area contributed by atoms with Gasteiger partial charge >= 0.3 is 0 Å². The monoisotopic (exact) mass is 249 g/mol. The summed E-state index contributed by atoms with van der Waals surface area (Å²) in [5, 5.41) is 5.99. The summed E-state index contributed by atoms with van der Waals surface area (Å²) >= 11 is 5.37. The van der Waals surface area contributed by atoms with Gasteiger partial charge in [0.15, 0.2) is 5.11 Å². The Morgan fingerprint density at radius 2 is 2.00 bits per heavy atom. The van der Waals surface area contributed by atoms with E-state index in [1.54, 1.807) is 0 Å². The van der Waals surface area contributed by atoms with Gasteiger partial charge in [-0.1, -0.05) is 13.0 Å². The average molecular weight is 249 g/mol. The van der Waals surface area contributed by atoms with Crippen LogP contribution >= 0.6 is 12.2 Å². The molecular weight excluding hydrogens is 230 g/mol. The molecule has 92 valence electrons. The van der Waals surface area contributed by atoms with Crippen LogP contribution in [0.3, 0.4) is 0 Å². The molecule has 1 atom stereocenters. The van der Waals surface area contributed by atoms with Crippen LogP contribution in [0.15, 0.2) is 18.2 Å². The van der Waals surface area contributed by atoms with E-state index >= 15 is 0 Å². The molecule has 3 nitrogen and oxygen atoms in total. The van der Waals surface area contributed by atoms with Crippen molar-refractivity contribution in [1.82, 2.24) is 10.7 Å². The van der Waals surface area contributed by atoms with Gasteiger partial charge in [-0.15, -0.1) is 0 Å². The Morgan fingerprint density at radius 3 is 2.53 bits per heavy atom. The molecule has 1 saturated heterocycles. The van der Waals surface area contributed by atoms with Crippen molar-refractivity contribution in [2.24, 2.45) is 0 Å². The summed E-state index contributed by atoms with van der Waals surface area (Å²) in [5.41, 5.74) is 6.93. The highest BCUT2D eigenvalue weighted by Gasteiger charge is 2.34. The minimum absolute atomic E-state index is 0.143. The average Bonchev–Trinajstić information content (AvgIpc) is 2.59. The standard InChI is InChI=1S/C13H19N3S/c1-5-13(4)14-12(17)16(15-13)11-7-6-9(2)10(3)8-11/h6-8,15H,5H2,1-4H3,(H,14,17). The van der Waals surface area contributed by atoms with E-state index in [9.17, 15) is 0 Å². The van der Waals surface area contributed by atoms with E-state index in [2.05, 4.69) is 56.6 Å². The van der Waals surface area contributed by atoms with E-state index in [1.807, 2.05) is 5.01 Å². The van der Waals surface area contributed by atoms with Crippen LogP contribution in [0.4, 0.5) is 5.69 Å². The van der Waals surface area contributed by atoms with Gasteiger partial charge in [-0.25, -0.2) is 5.43 Å². The van der Waals surface area contributed by atoms with Gasteiger partial charge in [0.2, 0.25) is 0 Å². The first kappa shape index (κ1) is 12.3. The van der Waals surface area contributed by atoms with Gasteiger partial charge in [0.25, 0.3) is 0 Å². The van der Waals surface area contributed by atoms with Crippen LogP contribution in [0.25, 0.3) is 0 Å². The molecule has 0 bridgehead atoms. The lowest BCUT2D eigenvalue weighted by molar-refractivity contribution is 0.362. The topological polar surface area (TPSA) is 27.3 Å². The first-order chi connectivity index (χ1) is 7.95. The van der Waals surface area contributed by atoms with Crippen molar-refractivity contribution in [1.29, 1.82) is 0 Å². The summed E-state index contributed by atoms with van der Waals surface area (Å²) in [7, 11) is 0. The van der Waals surface area contributed by atoms with Crippen molar-refractivity contribution in [2.75, 3.05) is 5.01 Å². The highest BCUT2D eigenvalue weighted by molar-refractivity contribution is 7.80. The molecular formula is C13H19N3S. The first-order valence-electron chi connectivity index (χ1n) is 5.92. The normalized spacial score (nSPS) is 24.0. The van der Waals surface area contributed by atoms with E-state index in [1.165, 1.54) is 11.1 Å². The third-order valence-corrected chi connectivity index (χ3v) is 3.68. The molecule has 0 spiro atoms. The highest BCUT2D eigenvalue weighted by Crippen LogP contribution is 2.23. The Kier molecular flexibility index (Phi) is 3.10. The maximum Gasteiger partial charge on any atom is 0.189 e. The van der Waals surface area contributed by atoms with Gasteiger partial charge < -0.3 is 5.32 Å². The fourth-order valence-corrected chi connectivity index (χ4v) is 2.21. The van der Waals surface area contributed by atoms with Crippen LogP contribution < -0.4 is 15.8 Å². The first-order valence-corrected chi connectivity index (χ1v) is 6.33. The Hall–Kier alpha value is -1.13. The van der Waals surface area contributed by atoms with E-state index in [0.29, 0.717) is 0 Å². The minimum atomic E-state index is -0.143. The molecule has 17 heavy (non-hydrogen) atoms. The van der Waals surface area contributed by atoms with Crippen molar-refractivity contribution >= 4 is 23.0 Å². The zero-order valence-electron chi connectivity index (χ0n) is 10.8. The highest BCUT2D eigenvalue weighted by atomic mass is 32.1. The molecule has 1 aromatic carbocycles. The number of hydrogen-bond donors (Lipinski definition) is 2. The fraction of sp³-hybridized carbons (Fsp3) is 0.462. The van der Waals surface area contributed by atoms with E-state index in [4.69, 9.17) is 12.2 Å². The second kappa shape index (κ2) is 4.27. The van der Waals surface area contributed by atoms with Crippen molar-refractivity contribution in [3.63, 3.8) is 0 Å². The molecule has 1 aliphatic heterocycles. The number of aryl methyl sites for hydroxylation is 2. The molecule has 0 aliphatic carbocycles. The van der Waals surface area contributed by atoms with Crippen molar-refractivity contribution in [3.05, 3.63) is 29.3 Å². The zero-order valence-corrected chi connectivity index (χ0v) is 11.6. The third-order valence-electron chi connectivity index (χ3n) is 3.40. The van der Waals surface area contributed by atoms with Crippen molar-refractivity contribution in [3.8, 4) is 0 Å². The van der Waals surface area contributed by atoms with Gasteiger partial charge in [0.05, 0.1) is 5.69 Å². The number of anilines is 1. The third kappa shape index (κ3) is 2.28. The van der Waals surface area contributed by atoms with Gasteiger partial charge in [0, 0.05) is 0 Å². The molecule has 0 amide bonds. The summed E-state index contributed by atoms with van der Waals surface area (Å²) in [4.78, 5) is 0. The van der Waals surface area contributed by atoms with E-state index < -0.39 is 0 Å². The summed E-state index contributed by atoms with van der Waals surface area (Å²) in [6.45, 7) is 8.47. The SMILES string of the molecule is CCC1(C)NC(=S)N(c2ccc(C)c(C)c2)N1. The van der Waals surface area contributed by atoms with Crippen LogP contribution in [0.2, 0.25) is 0 Å². The number of nitrogens with zero attached hydrogens (tertiary/aromatic N) is 1. The van der Waals surface area contributed by atoms with E-state index in [0.717, 1.165) is 17.2 Å². The number of hydrazine groups is 1. The minimum Gasteiger partial charge on any atom is -0.342 e. The van der Waals surface area contributed by atoms with E-state index in [-0.39, 0.29) is 5.66 Å². The molecule has 1 aliphatic rings. The Morgan fingerprint density at radius 1 is 1.29 bits per heavy atom. The van der Waals surface area contributed by atoms with Gasteiger partial charge in [-0.3, -0.25) is 5.01 Å². The maximum absolute atomic E-state index is 5.37. The summed E-state index contributed by atoms with van der Waals surface area (Å²) in [5.74, 6) is 0. The van der Waals surface area contributed by atoms with Gasteiger partial charge in [-0.2, -0.15) is 0 Å². The lowest BCUT2D eigenvalue weighted by Gasteiger charge is -2.24. The van der Waals surface area contributed by atoms with Crippen LogP contribution in [0.5, 0.6) is 0 Å². The molecule has 2 N–H and O–H groups in total. The quantitative estimate of drug-likeness (QED) is 0.788. The van der Waals surface area contributed by atoms with Crippen LogP contribution in [0.1, 0.15) is 31.4 Å². The molecule has 1 unspecified atom stereocenters. The second-order valence-corrected chi connectivity index (χ2v) is 5.22. The number of nitrogens with one attached hydrogen (secondary N) is 2. The van der Waals surface area contributed by atoms with Crippen molar-refractivity contribution in [2.45, 2.75) is 39.8 Å². The predicted molar refractivity (Wildman–Crippen MR) is 76.0 cm³/mol. The number of benzene rings is 1.